The largest absolute Gasteiger partial charge is 0.367 e. The Morgan fingerprint density at radius 2 is 2.11 bits per heavy atom. The molecule has 1 aliphatic rings. The molecule has 1 aliphatic carbocycles. The van der Waals surface area contributed by atoms with Crippen molar-refractivity contribution >= 4 is 42.0 Å². The van der Waals surface area contributed by atoms with E-state index in [-0.39, 0.29) is 20.9 Å². The lowest BCUT2D eigenvalue weighted by molar-refractivity contribution is 0.373. The number of likely N-dealkylation sites (N-methyl/N-ethyl adjacent to an activating group) is 1. The molecule has 28 heavy (non-hydrogen) atoms. The monoisotopic (exact) mass is 404 g/mol. The molecule has 0 unspecified atom stereocenters. The molecule has 1 saturated carbocycles. The van der Waals surface area contributed by atoms with E-state index in [1.54, 1.807) is 6.20 Å². The summed E-state index contributed by atoms with van der Waals surface area (Å²) in [6, 6.07) is 2.44. The Balaban J connectivity index is 0.00000140. The van der Waals surface area contributed by atoms with Crippen LogP contribution in [0.4, 0.5) is 17.5 Å². The van der Waals surface area contributed by atoms with Gasteiger partial charge in [0.2, 0.25) is 5.95 Å². The molecule has 0 saturated heterocycles. The van der Waals surface area contributed by atoms with Crippen LogP contribution < -0.4 is 10.6 Å². The molecule has 3 N–H and O–H groups in total. The summed E-state index contributed by atoms with van der Waals surface area (Å²) in [5.74, 6) is 2.20. The van der Waals surface area contributed by atoms with Gasteiger partial charge in [-0.15, -0.1) is 0 Å². The number of nitrogens with zero attached hydrogens (tertiary/aromatic N) is 5. The molecule has 1 fully saturated rings. The van der Waals surface area contributed by atoms with Crippen molar-refractivity contribution in [2.45, 2.75) is 39.8 Å². The Morgan fingerprint density at radius 3 is 2.82 bits per heavy atom. The van der Waals surface area contributed by atoms with Crippen molar-refractivity contribution < 1.29 is 0 Å². The van der Waals surface area contributed by atoms with E-state index in [1.165, 1.54) is 12.8 Å². The third-order valence-corrected chi connectivity index (χ3v) is 4.77. The molecule has 3 aromatic rings. The molecule has 9 heteroatoms. The maximum atomic E-state index is 4.70. The average Bonchev–Trinajstić information content (AvgIpc) is 3.19. The van der Waals surface area contributed by atoms with Gasteiger partial charge in [-0.3, -0.25) is 4.68 Å². The minimum Gasteiger partial charge on any atom is -0.367 e. The Hall–Kier alpha value is -2.26. The zero-order valence-corrected chi connectivity index (χ0v) is 17.0. The van der Waals surface area contributed by atoms with E-state index in [9.17, 15) is 0 Å². The Bertz CT molecular complexity index is 883. The first-order valence-corrected chi connectivity index (χ1v) is 9.14. The minimum absolute atomic E-state index is 0. The summed E-state index contributed by atoms with van der Waals surface area (Å²) in [6.07, 6.45) is 8.28. The van der Waals surface area contributed by atoms with Crippen LogP contribution >= 0.6 is 13.5 Å². The van der Waals surface area contributed by atoms with Gasteiger partial charge in [0.15, 0.2) is 0 Å². The fraction of sp³-hybridized carbons (Fsp3) is 0.526. The summed E-state index contributed by atoms with van der Waals surface area (Å²) >= 11 is 0. The quantitative estimate of drug-likeness (QED) is 0.533. The number of hydrogen-bond donors (Lipinski definition) is 3. The van der Waals surface area contributed by atoms with Crippen LogP contribution in [0.3, 0.4) is 0 Å². The molecule has 154 valence electrons. The smallest absolute Gasteiger partial charge is 0.231 e. The fourth-order valence-electron chi connectivity index (χ4n) is 3.02. The molecule has 3 aromatic heterocycles. The molecule has 0 spiro atoms. The topological polar surface area (TPSA) is 86.7 Å². The summed E-state index contributed by atoms with van der Waals surface area (Å²) < 4.78 is 1.92. The molecule has 0 amide bonds. The predicted molar refractivity (Wildman–Crippen MR) is 121 cm³/mol. The van der Waals surface area contributed by atoms with Gasteiger partial charge in [-0.1, -0.05) is 7.43 Å². The molecule has 3 heterocycles. The summed E-state index contributed by atoms with van der Waals surface area (Å²) in [4.78, 5) is 14.6. The van der Waals surface area contributed by atoms with E-state index in [4.69, 9.17) is 4.98 Å². The first-order chi connectivity index (χ1) is 12.6. The zero-order chi connectivity index (χ0) is 18.1. The standard InChI is InChI=1S/C18H26N8.CH4.H2S/c1-12(13-4-5-13)21-17-15-6-7-19-16(15)23-18(24-17)22-14-10-20-26(11-14)9-8-25(2)3;;/h6-7,10-13H,4-5,8-9H2,1-3H3,(H3,19,21,22,23,24);1H4;1H2/t12-;;/m0../s1. The van der Waals surface area contributed by atoms with Crippen molar-refractivity contribution in [3.8, 4) is 0 Å². The van der Waals surface area contributed by atoms with Crippen molar-refractivity contribution in [1.29, 1.82) is 0 Å². The lowest BCUT2D eigenvalue weighted by Gasteiger charge is -2.15. The van der Waals surface area contributed by atoms with Crippen molar-refractivity contribution in [3.05, 3.63) is 24.7 Å². The number of nitrogens with one attached hydrogen (secondary N) is 3. The van der Waals surface area contributed by atoms with E-state index in [1.807, 2.05) is 23.1 Å². The molecule has 4 rings (SSSR count). The van der Waals surface area contributed by atoms with Crippen LogP contribution in [0.1, 0.15) is 27.2 Å². The number of aromatic nitrogens is 5. The summed E-state index contributed by atoms with van der Waals surface area (Å²) in [6.45, 7) is 4.01. The first kappa shape index (κ1) is 22.0. The minimum atomic E-state index is 0. The second-order valence-electron chi connectivity index (χ2n) is 7.33. The molecular formula is C19H32N8S. The second-order valence-corrected chi connectivity index (χ2v) is 7.33. The van der Waals surface area contributed by atoms with Gasteiger partial charge < -0.3 is 20.5 Å². The number of H-pyrrole nitrogens is 1. The normalized spacial score (nSPS) is 14.4. The van der Waals surface area contributed by atoms with Crippen molar-refractivity contribution in [3.63, 3.8) is 0 Å². The number of aromatic amines is 1. The van der Waals surface area contributed by atoms with Gasteiger partial charge in [0.05, 0.1) is 23.8 Å². The zero-order valence-electron chi connectivity index (χ0n) is 16.0. The lowest BCUT2D eigenvalue weighted by atomic mass is 10.2. The van der Waals surface area contributed by atoms with Crippen molar-refractivity contribution in [1.82, 2.24) is 29.6 Å². The highest BCUT2D eigenvalue weighted by atomic mass is 32.1. The average molecular weight is 405 g/mol. The number of hydrogen-bond acceptors (Lipinski definition) is 6. The van der Waals surface area contributed by atoms with Crippen LogP contribution in [0.15, 0.2) is 24.7 Å². The SMILES string of the molecule is C.C[C@H](Nc1nc(Nc2cnn(CCN(C)C)c2)nc2[nH]ccc12)C1CC1.S. The van der Waals surface area contributed by atoms with Gasteiger partial charge in [0, 0.05) is 25.0 Å². The third kappa shape index (κ3) is 5.17. The molecular weight excluding hydrogens is 372 g/mol. The van der Waals surface area contributed by atoms with E-state index < -0.39 is 0 Å². The second kappa shape index (κ2) is 9.29. The number of anilines is 3. The Kier molecular flexibility index (Phi) is 7.31. The number of fused-ring (bicyclic) bond motifs is 1. The highest BCUT2D eigenvalue weighted by Gasteiger charge is 2.28. The Morgan fingerprint density at radius 1 is 1.32 bits per heavy atom. The summed E-state index contributed by atoms with van der Waals surface area (Å²) in [5, 5.41) is 12.2. The molecule has 0 aliphatic heterocycles. The van der Waals surface area contributed by atoms with Crippen molar-refractivity contribution in [2.75, 3.05) is 31.3 Å². The highest BCUT2D eigenvalue weighted by molar-refractivity contribution is 7.59. The van der Waals surface area contributed by atoms with Gasteiger partial charge in [0.25, 0.3) is 0 Å². The first-order valence-electron chi connectivity index (χ1n) is 9.14. The molecule has 0 radical (unpaired) electrons. The van der Waals surface area contributed by atoms with E-state index in [2.05, 4.69) is 51.6 Å². The van der Waals surface area contributed by atoms with Gasteiger partial charge in [0.1, 0.15) is 11.5 Å². The summed E-state index contributed by atoms with van der Waals surface area (Å²) in [7, 11) is 4.11. The van der Waals surface area contributed by atoms with Gasteiger partial charge in [-0.25, -0.2) is 0 Å². The summed E-state index contributed by atoms with van der Waals surface area (Å²) in [5.41, 5.74) is 1.71. The van der Waals surface area contributed by atoms with Crippen LogP contribution in [-0.4, -0.2) is 56.3 Å². The van der Waals surface area contributed by atoms with E-state index >= 15 is 0 Å². The molecule has 0 bridgehead atoms. The predicted octanol–water partition coefficient (Wildman–Crippen LogP) is 3.42. The maximum absolute atomic E-state index is 4.70. The van der Waals surface area contributed by atoms with E-state index in [0.717, 1.165) is 41.5 Å². The van der Waals surface area contributed by atoms with Gasteiger partial charge in [-0.2, -0.15) is 28.6 Å². The lowest BCUT2D eigenvalue weighted by Crippen LogP contribution is -2.18. The van der Waals surface area contributed by atoms with Crippen molar-refractivity contribution in [2.24, 2.45) is 5.92 Å². The van der Waals surface area contributed by atoms with Gasteiger partial charge in [-0.05, 0) is 45.8 Å². The number of rotatable bonds is 8. The van der Waals surface area contributed by atoms with Crippen LogP contribution in [0.2, 0.25) is 0 Å². The third-order valence-electron chi connectivity index (χ3n) is 4.77. The van der Waals surface area contributed by atoms with Crippen LogP contribution in [0.5, 0.6) is 0 Å². The van der Waals surface area contributed by atoms with Crippen LogP contribution in [0.25, 0.3) is 11.0 Å². The van der Waals surface area contributed by atoms with Crippen LogP contribution in [0, 0.1) is 5.92 Å². The van der Waals surface area contributed by atoms with E-state index in [0.29, 0.717) is 12.0 Å². The maximum Gasteiger partial charge on any atom is 0.231 e. The van der Waals surface area contributed by atoms with Crippen LogP contribution in [-0.2, 0) is 6.54 Å². The highest BCUT2D eigenvalue weighted by Crippen LogP contribution is 2.34. The fourth-order valence-corrected chi connectivity index (χ4v) is 3.02. The molecule has 1 atom stereocenters. The molecule has 8 nitrogen and oxygen atoms in total. The van der Waals surface area contributed by atoms with Gasteiger partial charge >= 0.3 is 0 Å². The Labute approximate surface area is 173 Å². The molecule has 0 aromatic carbocycles.